The Hall–Kier alpha value is -0.550. The molecule has 0 unspecified atom stereocenters. The van der Waals surface area contributed by atoms with E-state index in [9.17, 15) is 4.79 Å². The van der Waals surface area contributed by atoms with Gasteiger partial charge in [0.05, 0.1) is 24.6 Å². The third-order valence-corrected chi connectivity index (χ3v) is 2.57. The minimum Gasteiger partial charge on any atom is -0.496 e. The summed E-state index contributed by atoms with van der Waals surface area (Å²) in [6, 6.07) is 5.28. The molecule has 0 radical (unpaired) electrons. The first-order valence-corrected chi connectivity index (χ1v) is 6.25. The van der Waals surface area contributed by atoms with Crippen molar-refractivity contribution in [1.82, 2.24) is 0 Å². The van der Waals surface area contributed by atoms with Gasteiger partial charge >= 0.3 is 0 Å². The van der Waals surface area contributed by atoms with Crippen molar-refractivity contribution in [2.45, 2.75) is 13.3 Å². The average molecular weight is 368 g/mol. The van der Waals surface area contributed by atoms with Gasteiger partial charge in [-0.1, -0.05) is 22.9 Å². The summed E-state index contributed by atoms with van der Waals surface area (Å²) in [6.45, 7) is 2.68. The Morgan fingerprint density at radius 1 is 1.41 bits per heavy atom. The Bertz CT molecular complexity index is 367. The number of hydrogen-bond acceptors (Lipinski definition) is 3. The lowest BCUT2D eigenvalue weighted by Crippen LogP contribution is -2.04. The molecule has 0 saturated carbocycles. The minimum atomic E-state index is -0.0150. The van der Waals surface area contributed by atoms with Gasteiger partial charge in [0.15, 0.2) is 5.78 Å². The van der Waals surface area contributed by atoms with E-state index in [1.807, 2.05) is 6.92 Å². The zero-order chi connectivity index (χ0) is 12.0. The molecule has 0 heterocycles. The summed E-state index contributed by atoms with van der Waals surface area (Å²) in [5.41, 5.74) is 0.549. The van der Waals surface area contributed by atoms with E-state index in [-0.39, 0.29) is 28.1 Å². The second kappa shape index (κ2) is 8.53. The highest BCUT2D eigenvalue weighted by molar-refractivity contribution is 9.09. The monoisotopic (exact) mass is 366 g/mol. The Morgan fingerprint density at radius 3 is 2.65 bits per heavy atom. The van der Waals surface area contributed by atoms with E-state index < -0.39 is 0 Å². The largest absolute Gasteiger partial charge is 0.496 e. The molecule has 1 aromatic carbocycles. The van der Waals surface area contributed by atoms with Crippen molar-refractivity contribution in [3.05, 3.63) is 23.8 Å². The zero-order valence-corrected chi connectivity index (χ0v) is 13.2. The van der Waals surface area contributed by atoms with Crippen molar-refractivity contribution in [3.63, 3.8) is 0 Å². The molecule has 0 amide bonds. The fourth-order valence-electron chi connectivity index (χ4n) is 1.29. The lowest BCUT2D eigenvalue weighted by Gasteiger charge is -2.09. The Morgan fingerprint density at radius 2 is 2.12 bits per heavy atom. The molecule has 0 N–H and O–H groups in total. The van der Waals surface area contributed by atoms with Crippen molar-refractivity contribution in [2.75, 3.05) is 19.0 Å². The molecule has 0 bridgehead atoms. The van der Waals surface area contributed by atoms with Crippen LogP contribution in [0.2, 0.25) is 0 Å². The molecule has 1 rings (SSSR count). The van der Waals surface area contributed by atoms with Gasteiger partial charge in [0, 0.05) is 0 Å². The molecule has 0 aliphatic rings. The molecule has 0 aliphatic heterocycles. The second-order valence-corrected chi connectivity index (χ2v) is 3.83. The minimum absolute atomic E-state index is 0. The van der Waals surface area contributed by atoms with Gasteiger partial charge in [-0.2, -0.15) is 0 Å². The number of methoxy groups -OCH3 is 1. The van der Waals surface area contributed by atoms with Gasteiger partial charge < -0.3 is 9.47 Å². The lowest BCUT2D eigenvalue weighted by molar-refractivity contribution is 0.102. The summed E-state index contributed by atoms with van der Waals surface area (Å²) >= 11 is 3.15. The molecule has 5 heteroatoms. The fourth-order valence-corrected chi connectivity index (χ4v) is 1.59. The van der Waals surface area contributed by atoms with Gasteiger partial charge in [0.2, 0.25) is 0 Å². The third-order valence-electron chi connectivity index (χ3n) is 2.07. The SMILES string of the molecule is Br.CCCOc1ccc(OC)c(C(=O)CBr)c1. The van der Waals surface area contributed by atoms with Gasteiger partial charge in [0.1, 0.15) is 11.5 Å². The predicted octanol–water partition coefficient (Wildman–Crippen LogP) is 3.64. The maximum atomic E-state index is 11.6. The Labute approximate surface area is 120 Å². The number of halogens is 2. The van der Waals surface area contributed by atoms with Crippen molar-refractivity contribution in [1.29, 1.82) is 0 Å². The molecule has 0 saturated heterocycles. The van der Waals surface area contributed by atoms with E-state index in [0.717, 1.165) is 6.42 Å². The number of carbonyl (C=O) groups excluding carboxylic acids is 1. The summed E-state index contributed by atoms with van der Waals surface area (Å²) in [7, 11) is 1.55. The number of benzene rings is 1. The van der Waals surface area contributed by atoms with Crippen LogP contribution in [-0.2, 0) is 0 Å². The number of carbonyl (C=O) groups is 1. The van der Waals surface area contributed by atoms with Gasteiger partial charge in [0.25, 0.3) is 0 Å². The first kappa shape index (κ1) is 16.4. The van der Waals surface area contributed by atoms with Crippen molar-refractivity contribution >= 4 is 38.7 Å². The Kier molecular flexibility index (Phi) is 8.25. The number of ketones is 1. The fraction of sp³-hybridized carbons (Fsp3) is 0.417. The van der Waals surface area contributed by atoms with E-state index in [1.165, 1.54) is 0 Å². The highest BCUT2D eigenvalue weighted by Crippen LogP contribution is 2.25. The summed E-state index contributed by atoms with van der Waals surface area (Å²) in [4.78, 5) is 11.6. The summed E-state index contributed by atoms with van der Waals surface area (Å²) < 4.78 is 10.6. The number of rotatable bonds is 6. The second-order valence-electron chi connectivity index (χ2n) is 3.27. The first-order valence-electron chi connectivity index (χ1n) is 5.13. The molecule has 0 aliphatic carbocycles. The molecular formula is C12H16Br2O3. The standard InChI is InChI=1S/C12H15BrO3.BrH/c1-3-6-16-9-4-5-12(15-2)10(7-9)11(14)8-13;/h4-5,7H,3,6,8H2,1-2H3;1H. The molecule has 3 nitrogen and oxygen atoms in total. The van der Waals surface area contributed by atoms with E-state index in [1.54, 1.807) is 25.3 Å². The summed E-state index contributed by atoms with van der Waals surface area (Å²) in [6.07, 6.45) is 0.938. The third kappa shape index (κ3) is 4.68. The number of alkyl halides is 1. The van der Waals surface area contributed by atoms with Crippen LogP contribution in [0, 0.1) is 0 Å². The van der Waals surface area contributed by atoms with Gasteiger partial charge in [-0.05, 0) is 24.6 Å². The smallest absolute Gasteiger partial charge is 0.177 e. The van der Waals surface area contributed by atoms with E-state index in [2.05, 4.69) is 15.9 Å². The quantitative estimate of drug-likeness (QED) is 0.568. The highest BCUT2D eigenvalue weighted by Gasteiger charge is 2.12. The van der Waals surface area contributed by atoms with Crippen LogP contribution in [0.1, 0.15) is 23.7 Å². The molecule has 96 valence electrons. The van der Waals surface area contributed by atoms with Crippen molar-refractivity contribution in [3.8, 4) is 11.5 Å². The normalized spacial score (nSPS) is 9.35. The van der Waals surface area contributed by atoms with Crippen LogP contribution in [0.25, 0.3) is 0 Å². The van der Waals surface area contributed by atoms with Crippen LogP contribution in [0.15, 0.2) is 18.2 Å². The van der Waals surface area contributed by atoms with Crippen LogP contribution in [0.5, 0.6) is 11.5 Å². The first-order chi connectivity index (χ1) is 7.72. The molecule has 17 heavy (non-hydrogen) atoms. The number of Topliss-reactive ketones (excluding diaryl/α,β-unsaturated/α-hetero) is 1. The van der Waals surface area contributed by atoms with Gasteiger partial charge in [-0.3, -0.25) is 4.79 Å². The zero-order valence-electron chi connectivity index (χ0n) is 9.86. The maximum absolute atomic E-state index is 11.6. The predicted molar refractivity (Wildman–Crippen MR) is 77.2 cm³/mol. The van der Waals surface area contributed by atoms with E-state index in [0.29, 0.717) is 23.7 Å². The van der Waals surface area contributed by atoms with Crippen LogP contribution >= 0.6 is 32.9 Å². The van der Waals surface area contributed by atoms with Gasteiger partial charge in [-0.25, -0.2) is 0 Å². The average Bonchev–Trinajstić information content (AvgIpc) is 2.35. The number of ether oxygens (including phenoxy) is 2. The lowest BCUT2D eigenvalue weighted by atomic mass is 10.1. The molecule has 0 aromatic heterocycles. The van der Waals surface area contributed by atoms with Crippen LogP contribution in [0.4, 0.5) is 0 Å². The molecule has 0 spiro atoms. The van der Waals surface area contributed by atoms with Crippen molar-refractivity contribution < 1.29 is 14.3 Å². The van der Waals surface area contributed by atoms with Gasteiger partial charge in [-0.15, -0.1) is 17.0 Å². The molecule has 0 fully saturated rings. The number of hydrogen-bond donors (Lipinski definition) is 0. The van der Waals surface area contributed by atoms with E-state index in [4.69, 9.17) is 9.47 Å². The van der Waals surface area contributed by atoms with Crippen LogP contribution in [-0.4, -0.2) is 24.8 Å². The topological polar surface area (TPSA) is 35.5 Å². The van der Waals surface area contributed by atoms with Crippen molar-refractivity contribution in [2.24, 2.45) is 0 Å². The van der Waals surface area contributed by atoms with Crippen LogP contribution in [0.3, 0.4) is 0 Å². The van der Waals surface area contributed by atoms with Crippen LogP contribution < -0.4 is 9.47 Å². The van der Waals surface area contributed by atoms with E-state index >= 15 is 0 Å². The summed E-state index contributed by atoms with van der Waals surface area (Å²) in [5.74, 6) is 1.26. The Balaban J connectivity index is 0.00000256. The molecule has 1 aromatic rings. The molecular weight excluding hydrogens is 352 g/mol. The summed E-state index contributed by atoms with van der Waals surface area (Å²) in [5, 5.41) is 0.278. The molecule has 0 atom stereocenters. The highest BCUT2D eigenvalue weighted by atomic mass is 79.9. The maximum Gasteiger partial charge on any atom is 0.177 e.